The Morgan fingerprint density at radius 1 is 1.50 bits per heavy atom. The smallest absolute Gasteiger partial charge is 0.324 e. The number of carbonyl (C=O) groups excluding carboxylic acids is 2. The highest BCUT2D eigenvalue weighted by Crippen LogP contribution is 2.46. The SMILES string of the molecule is CCOC1CC(N2CC(=O)NC2=O)C1(C)C. The number of hydrogen-bond acceptors (Lipinski definition) is 3. The fourth-order valence-electron chi connectivity index (χ4n) is 2.59. The van der Waals surface area contributed by atoms with Crippen LogP contribution in [0.1, 0.15) is 27.2 Å². The van der Waals surface area contributed by atoms with Crippen LogP contribution < -0.4 is 5.32 Å². The predicted molar refractivity (Wildman–Crippen MR) is 57.8 cm³/mol. The summed E-state index contributed by atoms with van der Waals surface area (Å²) < 4.78 is 5.60. The number of urea groups is 1. The lowest BCUT2D eigenvalue weighted by Gasteiger charge is -2.54. The molecule has 1 aliphatic heterocycles. The minimum atomic E-state index is -0.266. The van der Waals surface area contributed by atoms with E-state index in [0.29, 0.717) is 6.61 Å². The van der Waals surface area contributed by atoms with Gasteiger partial charge in [0.05, 0.1) is 6.10 Å². The number of hydrogen-bond donors (Lipinski definition) is 1. The van der Waals surface area contributed by atoms with Crippen molar-refractivity contribution in [2.75, 3.05) is 13.2 Å². The van der Waals surface area contributed by atoms with Gasteiger partial charge in [-0.2, -0.15) is 0 Å². The highest BCUT2D eigenvalue weighted by atomic mass is 16.5. The molecule has 1 aliphatic carbocycles. The number of nitrogens with one attached hydrogen (secondary N) is 1. The summed E-state index contributed by atoms with van der Waals surface area (Å²) in [6.45, 7) is 7.00. The Morgan fingerprint density at radius 2 is 2.19 bits per heavy atom. The average molecular weight is 226 g/mol. The summed E-state index contributed by atoms with van der Waals surface area (Å²) in [5.41, 5.74) is -0.0715. The number of amides is 3. The lowest BCUT2D eigenvalue weighted by Crippen LogP contribution is -2.62. The lowest BCUT2D eigenvalue weighted by molar-refractivity contribution is -0.140. The van der Waals surface area contributed by atoms with E-state index < -0.39 is 0 Å². The summed E-state index contributed by atoms with van der Waals surface area (Å²) in [4.78, 5) is 24.3. The van der Waals surface area contributed by atoms with Crippen molar-refractivity contribution in [2.45, 2.75) is 39.3 Å². The number of imide groups is 1. The van der Waals surface area contributed by atoms with Crippen molar-refractivity contribution < 1.29 is 14.3 Å². The molecule has 1 saturated carbocycles. The maximum absolute atomic E-state index is 11.5. The normalized spacial score (nSPS) is 32.6. The van der Waals surface area contributed by atoms with Gasteiger partial charge in [0.2, 0.25) is 5.91 Å². The largest absolute Gasteiger partial charge is 0.378 e. The molecule has 2 fully saturated rings. The third-order valence-electron chi connectivity index (χ3n) is 3.69. The van der Waals surface area contributed by atoms with Crippen LogP contribution in [0.3, 0.4) is 0 Å². The maximum Gasteiger partial charge on any atom is 0.324 e. The molecule has 90 valence electrons. The molecule has 1 heterocycles. The van der Waals surface area contributed by atoms with E-state index in [2.05, 4.69) is 19.2 Å². The van der Waals surface area contributed by atoms with Crippen LogP contribution in [0.25, 0.3) is 0 Å². The van der Waals surface area contributed by atoms with Crippen LogP contribution in [-0.2, 0) is 9.53 Å². The van der Waals surface area contributed by atoms with E-state index in [4.69, 9.17) is 4.74 Å². The Labute approximate surface area is 95.1 Å². The molecule has 5 nitrogen and oxygen atoms in total. The van der Waals surface area contributed by atoms with Gasteiger partial charge < -0.3 is 9.64 Å². The number of nitrogens with zero attached hydrogens (tertiary/aromatic N) is 1. The first-order valence-corrected chi connectivity index (χ1v) is 5.69. The van der Waals surface area contributed by atoms with Gasteiger partial charge in [0.25, 0.3) is 0 Å². The first-order chi connectivity index (χ1) is 7.46. The molecule has 5 heteroatoms. The second-order valence-corrected chi connectivity index (χ2v) is 5.00. The quantitative estimate of drug-likeness (QED) is 0.722. The Bertz CT molecular complexity index is 327. The third kappa shape index (κ3) is 1.59. The highest BCUT2D eigenvalue weighted by molar-refractivity contribution is 6.02. The van der Waals surface area contributed by atoms with Gasteiger partial charge in [0.15, 0.2) is 0 Å². The Kier molecular flexibility index (Phi) is 2.66. The molecular weight excluding hydrogens is 208 g/mol. The van der Waals surface area contributed by atoms with E-state index in [1.807, 2.05) is 6.92 Å². The van der Waals surface area contributed by atoms with Crippen LogP contribution in [-0.4, -0.2) is 42.1 Å². The molecule has 0 radical (unpaired) electrons. The fourth-order valence-corrected chi connectivity index (χ4v) is 2.59. The van der Waals surface area contributed by atoms with Gasteiger partial charge in [0, 0.05) is 18.1 Å². The molecule has 3 amide bonds. The van der Waals surface area contributed by atoms with Crippen LogP contribution in [0.5, 0.6) is 0 Å². The molecular formula is C11H18N2O3. The van der Waals surface area contributed by atoms with Crippen molar-refractivity contribution >= 4 is 11.9 Å². The van der Waals surface area contributed by atoms with E-state index in [1.165, 1.54) is 0 Å². The van der Waals surface area contributed by atoms with Crippen molar-refractivity contribution in [3.63, 3.8) is 0 Å². The zero-order valence-electron chi connectivity index (χ0n) is 9.95. The van der Waals surface area contributed by atoms with Gasteiger partial charge in [-0.1, -0.05) is 13.8 Å². The summed E-state index contributed by atoms with van der Waals surface area (Å²) >= 11 is 0. The molecule has 2 rings (SSSR count). The zero-order chi connectivity index (χ0) is 11.9. The third-order valence-corrected chi connectivity index (χ3v) is 3.69. The van der Waals surface area contributed by atoms with Gasteiger partial charge in [-0.3, -0.25) is 10.1 Å². The molecule has 0 aromatic rings. The summed E-state index contributed by atoms with van der Waals surface area (Å²) in [5.74, 6) is -0.208. The van der Waals surface area contributed by atoms with Crippen LogP contribution in [0.15, 0.2) is 0 Å². The van der Waals surface area contributed by atoms with Crippen LogP contribution in [0, 0.1) is 5.41 Å². The van der Waals surface area contributed by atoms with Gasteiger partial charge in [-0.25, -0.2) is 4.79 Å². The summed E-state index contributed by atoms with van der Waals surface area (Å²) in [6.07, 6.45) is 1.01. The van der Waals surface area contributed by atoms with Gasteiger partial charge in [-0.15, -0.1) is 0 Å². The highest BCUT2D eigenvalue weighted by Gasteiger charge is 2.54. The van der Waals surface area contributed by atoms with Crippen molar-refractivity contribution in [3.8, 4) is 0 Å². The van der Waals surface area contributed by atoms with E-state index in [9.17, 15) is 9.59 Å². The molecule has 1 saturated heterocycles. The zero-order valence-corrected chi connectivity index (χ0v) is 9.95. The van der Waals surface area contributed by atoms with Crippen LogP contribution in [0.4, 0.5) is 4.79 Å². The molecule has 0 spiro atoms. The Hall–Kier alpha value is -1.10. The molecule has 2 unspecified atom stereocenters. The minimum absolute atomic E-state index is 0.0715. The molecule has 2 aliphatic rings. The molecule has 0 aromatic heterocycles. The maximum atomic E-state index is 11.5. The molecule has 1 N–H and O–H groups in total. The lowest BCUT2D eigenvalue weighted by atomic mass is 9.64. The van der Waals surface area contributed by atoms with Crippen molar-refractivity contribution in [1.82, 2.24) is 10.2 Å². The fraction of sp³-hybridized carbons (Fsp3) is 0.818. The Morgan fingerprint density at radius 3 is 2.62 bits per heavy atom. The summed E-state index contributed by atoms with van der Waals surface area (Å²) in [6, 6.07) is -0.159. The monoisotopic (exact) mass is 226 g/mol. The van der Waals surface area contributed by atoms with Gasteiger partial charge in [-0.05, 0) is 13.3 Å². The summed E-state index contributed by atoms with van der Waals surface area (Å²) in [7, 11) is 0. The number of carbonyl (C=O) groups is 2. The van der Waals surface area contributed by atoms with E-state index in [-0.39, 0.29) is 36.0 Å². The van der Waals surface area contributed by atoms with E-state index in [0.717, 1.165) is 6.42 Å². The number of ether oxygens (including phenoxy) is 1. The van der Waals surface area contributed by atoms with Crippen LogP contribution >= 0.6 is 0 Å². The van der Waals surface area contributed by atoms with Crippen molar-refractivity contribution in [2.24, 2.45) is 5.41 Å². The second-order valence-electron chi connectivity index (χ2n) is 5.00. The molecule has 0 bridgehead atoms. The standard InChI is InChI=1S/C11H18N2O3/c1-4-16-8-5-7(11(8,2)3)13-6-9(14)12-10(13)15/h7-8H,4-6H2,1-3H3,(H,12,14,15). The molecule has 2 atom stereocenters. The molecule has 0 aromatic carbocycles. The topological polar surface area (TPSA) is 58.6 Å². The number of rotatable bonds is 3. The van der Waals surface area contributed by atoms with Crippen molar-refractivity contribution in [3.05, 3.63) is 0 Å². The van der Waals surface area contributed by atoms with Crippen LogP contribution in [0.2, 0.25) is 0 Å². The van der Waals surface area contributed by atoms with E-state index in [1.54, 1.807) is 4.90 Å². The van der Waals surface area contributed by atoms with Gasteiger partial charge >= 0.3 is 6.03 Å². The predicted octanol–water partition coefficient (Wildman–Crippen LogP) is 0.742. The first kappa shape index (κ1) is 11.4. The minimum Gasteiger partial charge on any atom is -0.378 e. The van der Waals surface area contributed by atoms with Gasteiger partial charge in [0.1, 0.15) is 6.54 Å². The first-order valence-electron chi connectivity index (χ1n) is 5.69. The second kappa shape index (κ2) is 3.73. The van der Waals surface area contributed by atoms with E-state index >= 15 is 0 Å². The average Bonchev–Trinajstić information content (AvgIpc) is 2.51. The van der Waals surface area contributed by atoms with Crippen molar-refractivity contribution in [1.29, 1.82) is 0 Å². The summed E-state index contributed by atoms with van der Waals surface area (Å²) in [5, 5.41) is 2.31. The molecule has 16 heavy (non-hydrogen) atoms. The Balaban J connectivity index is 2.03.